The quantitative estimate of drug-likeness (QED) is 0.784. The van der Waals surface area contributed by atoms with Crippen molar-refractivity contribution in [1.82, 2.24) is 4.98 Å². The summed E-state index contributed by atoms with van der Waals surface area (Å²) in [5.74, 6) is 0. The number of nitrogens with one attached hydrogen (secondary N) is 1. The maximum absolute atomic E-state index is 9.51. The van der Waals surface area contributed by atoms with Gasteiger partial charge in [-0.05, 0) is 41.1 Å². The Hall–Kier alpha value is -0.650. The predicted molar refractivity (Wildman–Crippen MR) is 59.7 cm³/mol. The fourth-order valence-electron chi connectivity index (χ4n) is 1.37. The number of aromatic nitrogens is 1. The SMILES string of the molecule is CC(O)c1ccc(Br)c2oc(=S)[nH]c12. The van der Waals surface area contributed by atoms with Gasteiger partial charge in [0.2, 0.25) is 0 Å². The normalized spacial score (nSPS) is 13.4. The van der Waals surface area contributed by atoms with Crippen LogP contribution in [0.5, 0.6) is 0 Å². The van der Waals surface area contributed by atoms with E-state index in [1.165, 1.54) is 0 Å². The van der Waals surface area contributed by atoms with Crippen molar-refractivity contribution in [2.75, 3.05) is 0 Å². The number of aliphatic hydroxyl groups excluding tert-OH is 1. The minimum Gasteiger partial charge on any atom is -0.428 e. The van der Waals surface area contributed by atoms with Crippen molar-refractivity contribution < 1.29 is 9.52 Å². The summed E-state index contributed by atoms with van der Waals surface area (Å²) in [4.78, 5) is 3.22. The third-order valence-electron chi connectivity index (χ3n) is 2.01. The second-order valence-electron chi connectivity index (χ2n) is 3.03. The van der Waals surface area contributed by atoms with Crippen LogP contribution in [0.4, 0.5) is 0 Å². The molecule has 0 radical (unpaired) electrons. The first-order chi connectivity index (χ1) is 6.59. The second kappa shape index (κ2) is 3.49. The number of benzene rings is 1. The highest BCUT2D eigenvalue weighted by Gasteiger charge is 2.12. The Morgan fingerprint density at radius 3 is 2.93 bits per heavy atom. The molecular weight excluding hydrogens is 266 g/mol. The smallest absolute Gasteiger partial charge is 0.266 e. The average Bonchev–Trinajstić information content (AvgIpc) is 2.47. The Morgan fingerprint density at radius 2 is 2.29 bits per heavy atom. The number of rotatable bonds is 1. The maximum atomic E-state index is 9.51. The third kappa shape index (κ3) is 1.51. The van der Waals surface area contributed by atoms with E-state index in [1.54, 1.807) is 6.92 Å². The standard InChI is InChI=1S/C9H8BrNO2S/c1-4(12)5-2-3-6(10)8-7(5)11-9(14)13-8/h2-4,12H,1H3,(H,11,14). The minimum atomic E-state index is -0.547. The Morgan fingerprint density at radius 1 is 1.57 bits per heavy atom. The molecule has 0 saturated heterocycles. The Labute approximate surface area is 93.9 Å². The summed E-state index contributed by atoms with van der Waals surface area (Å²) in [6.07, 6.45) is -0.547. The first-order valence-corrected chi connectivity index (χ1v) is 5.29. The minimum absolute atomic E-state index is 0.314. The maximum Gasteiger partial charge on any atom is 0.266 e. The summed E-state index contributed by atoms with van der Waals surface area (Å²) < 4.78 is 6.11. The number of hydrogen-bond donors (Lipinski definition) is 2. The van der Waals surface area contributed by atoms with Crippen LogP contribution in [-0.2, 0) is 0 Å². The lowest BCUT2D eigenvalue weighted by Gasteiger charge is -2.05. The van der Waals surface area contributed by atoms with Crippen molar-refractivity contribution in [2.24, 2.45) is 0 Å². The summed E-state index contributed by atoms with van der Waals surface area (Å²) in [5.41, 5.74) is 2.18. The summed E-state index contributed by atoms with van der Waals surface area (Å²) in [5, 5.41) is 9.51. The van der Waals surface area contributed by atoms with Crippen LogP contribution in [0.25, 0.3) is 11.1 Å². The third-order valence-corrected chi connectivity index (χ3v) is 2.82. The van der Waals surface area contributed by atoms with E-state index in [1.807, 2.05) is 12.1 Å². The largest absolute Gasteiger partial charge is 0.428 e. The van der Waals surface area contributed by atoms with Crippen LogP contribution < -0.4 is 0 Å². The fourth-order valence-corrected chi connectivity index (χ4v) is 1.97. The summed E-state index contributed by atoms with van der Waals surface area (Å²) in [6.45, 7) is 1.70. The molecule has 0 aliphatic carbocycles. The highest BCUT2D eigenvalue weighted by Crippen LogP contribution is 2.29. The highest BCUT2D eigenvalue weighted by molar-refractivity contribution is 9.10. The molecule has 1 heterocycles. The number of hydrogen-bond acceptors (Lipinski definition) is 3. The van der Waals surface area contributed by atoms with Crippen molar-refractivity contribution in [2.45, 2.75) is 13.0 Å². The zero-order chi connectivity index (χ0) is 10.3. The molecule has 1 unspecified atom stereocenters. The van der Waals surface area contributed by atoms with Gasteiger partial charge in [0.15, 0.2) is 5.58 Å². The first-order valence-electron chi connectivity index (χ1n) is 4.09. The van der Waals surface area contributed by atoms with Crippen LogP contribution in [0, 0.1) is 4.84 Å². The molecule has 1 aromatic heterocycles. The molecule has 2 aromatic rings. The Bertz CT molecular complexity index is 529. The topological polar surface area (TPSA) is 49.2 Å². The average molecular weight is 274 g/mol. The van der Waals surface area contributed by atoms with Crippen molar-refractivity contribution in [1.29, 1.82) is 0 Å². The van der Waals surface area contributed by atoms with Crippen LogP contribution in [0.1, 0.15) is 18.6 Å². The van der Waals surface area contributed by atoms with E-state index in [2.05, 4.69) is 20.9 Å². The first kappa shape index (κ1) is 9.89. The van der Waals surface area contributed by atoms with Crippen molar-refractivity contribution in [3.8, 4) is 0 Å². The van der Waals surface area contributed by atoms with Gasteiger partial charge in [0.1, 0.15) is 0 Å². The molecular formula is C9H8BrNO2S. The van der Waals surface area contributed by atoms with Crippen LogP contribution in [0.2, 0.25) is 0 Å². The number of aliphatic hydroxyl groups is 1. The van der Waals surface area contributed by atoms with Crippen molar-refractivity contribution in [3.63, 3.8) is 0 Å². The van der Waals surface area contributed by atoms with Gasteiger partial charge in [0.05, 0.1) is 16.1 Å². The molecule has 3 nitrogen and oxygen atoms in total. The monoisotopic (exact) mass is 273 g/mol. The number of H-pyrrole nitrogens is 1. The molecule has 0 aliphatic rings. The molecule has 2 rings (SSSR count). The van der Waals surface area contributed by atoms with Crippen LogP contribution in [0.3, 0.4) is 0 Å². The summed E-state index contributed by atoms with van der Waals surface area (Å²) in [7, 11) is 0. The molecule has 0 saturated carbocycles. The molecule has 14 heavy (non-hydrogen) atoms. The van der Waals surface area contributed by atoms with Gasteiger partial charge in [-0.2, -0.15) is 0 Å². The van der Waals surface area contributed by atoms with E-state index in [9.17, 15) is 5.11 Å². The molecule has 1 aromatic carbocycles. The molecule has 0 amide bonds. The number of oxazole rings is 1. The fraction of sp³-hybridized carbons (Fsp3) is 0.222. The van der Waals surface area contributed by atoms with Gasteiger partial charge >= 0.3 is 0 Å². The van der Waals surface area contributed by atoms with Gasteiger partial charge < -0.3 is 14.5 Å². The van der Waals surface area contributed by atoms with Gasteiger partial charge in [0, 0.05) is 5.56 Å². The number of fused-ring (bicyclic) bond motifs is 1. The molecule has 5 heteroatoms. The molecule has 74 valence electrons. The summed E-state index contributed by atoms with van der Waals surface area (Å²) >= 11 is 8.25. The van der Waals surface area contributed by atoms with E-state index in [0.29, 0.717) is 10.4 Å². The molecule has 0 fully saturated rings. The van der Waals surface area contributed by atoms with E-state index in [4.69, 9.17) is 16.6 Å². The van der Waals surface area contributed by atoms with Crippen molar-refractivity contribution in [3.05, 3.63) is 27.0 Å². The van der Waals surface area contributed by atoms with Gasteiger partial charge in [-0.15, -0.1) is 0 Å². The second-order valence-corrected chi connectivity index (χ2v) is 4.26. The lowest BCUT2D eigenvalue weighted by atomic mass is 10.1. The number of halogens is 1. The van der Waals surface area contributed by atoms with Gasteiger partial charge in [-0.25, -0.2) is 0 Å². The summed E-state index contributed by atoms with van der Waals surface area (Å²) in [6, 6.07) is 3.66. The van der Waals surface area contributed by atoms with Gasteiger partial charge in [-0.1, -0.05) is 6.07 Å². The molecule has 2 N–H and O–H groups in total. The molecule has 0 spiro atoms. The van der Waals surface area contributed by atoms with Crippen LogP contribution in [0.15, 0.2) is 21.0 Å². The molecule has 0 aliphatic heterocycles. The Kier molecular flexibility index (Phi) is 2.47. The van der Waals surface area contributed by atoms with E-state index >= 15 is 0 Å². The van der Waals surface area contributed by atoms with Crippen LogP contribution >= 0.6 is 28.1 Å². The van der Waals surface area contributed by atoms with E-state index in [-0.39, 0.29) is 0 Å². The molecule has 0 bridgehead atoms. The van der Waals surface area contributed by atoms with E-state index < -0.39 is 6.10 Å². The highest BCUT2D eigenvalue weighted by atomic mass is 79.9. The lowest BCUT2D eigenvalue weighted by molar-refractivity contribution is 0.200. The van der Waals surface area contributed by atoms with E-state index in [0.717, 1.165) is 15.6 Å². The van der Waals surface area contributed by atoms with Crippen molar-refractivity contribution >= 4 is 39.2 Å². The number of aromatic amines is 1. The zero-order valence-electron chi connectivity index (χ0n) is 7.37. The molecule has 1 atom stereocenters. The lowest BCUT2D eigenvalue weighted by Crippen LogP contribution is -1.92. The van der Waals surface area contributed by atoms with Crippen LogP contribution in [-0.4, -0.2) is 10.1 Å². The predicted octanol–water partition coefficient (Wildman–Crippen LogP) is 3.31. The van der Waals surface area contributed by atoms with Gasteiger partial charge in [-0.3, -0.25) is 0 Å². The zero-order valence-corrected chi connectivity index (χ0v) is 9.78. The van der Waals surface area contributed by atoms with Gasteiger partial charge in [0.25, 0.3) is 4.84 Å². The Balaban J connectivity index is 2.87.